The Bertz CT molecular complexity index is 685. The Kier molecular flexibility index (Phi) is 2.81. The maximum absolute atomic E-state index is 6.31. The highest BCUT2D eigenvalue weighted by molar-refractivity contribution is 7.09. The number of nitrogens with zero attached hydrogens (tertiary/aromatic N) is 2. The normalized spacial score (nSPS) is 12.8. The number of hydrogen-bond donors (Lipinski definition) is 1. The van der Waals surface area contributed by atoms with Crippen molar-refractivity contribution in [2.75, 3.05) is 0 Å². The van der Waals surface area contributed by atoms with E-state index in [0.717, 1.165) is 27.2 Å². The van der Waals surface area contributed by atoms with E-state index in [9.17, 15) is 0 Å². The molecule has 0 fully saturated rings. The van der Waals surface area contributed by atoms with Gasteiger partial charge in [0.05, 0.1) is 22.3 Å². The van der Waals surface area contributed by atoms with Crippen LogP contribution in [0.25, 0.3) is 10.9 Å². The Morgan fingerprint density at radius 2 is 2.11 bits per heavy atom. The van der Waals surface area contributed by atoms with E-state index in [2.05, 4.69) is 16.0 Å². The lowest BCUT2D eigenvalue weighted by molar-refractivity contribution is 0.842. The van der Waals surface area contributed by atoms with E-state index in [1.165, 1.54) is 0 Å². The smallest absolute Gasteiger partial charge is 0.0898 e. The summed E-state index contributed by atoms with van der Waals surface area (Å²) < 4.78 is 0. The van der Waals surface area contributed by atoms with Crippen LogP contribution in [-0.2, 0) is 0 Å². The molecule has 0 bridgehead atoms. The van der Waals surface area contributed by atoms with Crippen LogP contribution in [0.2, 0.25) is 0 Å². The fraction of sp³-hybridized carbons (Fsp3) is 0.143. The van der Waals surface area contributed by atoms with Crippen LogP contribution in [-0.4, -0.2) is 9.97 Å². The highest BCUT2D eigenvalue weighted by Crippen LogP contribution is 2.26. The van der Waals surface area contributed by atoms with Gasteiger partial charge in [0.25, 0.3) is 0 Å². The van der Waals surface area contributed by atoms with Crippen LogP contribution in [0.4, 0.5) is 0 Å². The molecule has 0 saturated carbocycles. The number of nitrogens with two attached hydrogens (primary N) is 1. The third-order valence-corrected chi connectivity index (χ3v) is 3.76. The van der Waals surface area contributed by atoms with Crippen molar-refractivity contribution in [2.24, 2.45) is 5.73 Å². The summed E-state index contributed by atoms with van der Waals surface area (Å²) in [5.41, 5.74) is 9.28. The second-order valence-corrected chi connectivity index (χ2v) is 5.25. The molecule has 18 heavy (non-hydrogen) atoms. The molecule has 1 aromatic carbocycles. The SMILES string of the molecule is Cc1nc(C(N)c2cccc3ncccc23)cs1. The van der Waals surface area contributed by atoms with Crippen molar-refractivity contribution in [3.63, 3.8) is 0 Å². The Morgan fingerprint density at radius 1 is 1.22 bits per heavy atom. The number of pyridine rings is 1. The molecule has 1 atom stereocenters. The number of hydrogen-bond acceptors (Lipinski definition) is 4. The summed E-state index contributed by atoms with van der Waals surface area (Å²) in [4.78, 5) is 8.82. The first kappa shape index (κ1) is 11.3. The zero-order valence-corrected chi connectivity index (χ0v) is 10.8. The second-order valence-electron chi connectivity index (χ2n) is 4.19. The van der Waals surface area contributed by atoms with E-state index in [-0.39, 0.29) is 6.04 Å². The monoisotopic (exact) mass is 255 g/mol. The number of rotatable bonds is 2. The third kappa shape index (κ3) is 1.89. The van der Waals surface area contributed by atoms with Gasteiger partial charge < -0.3 is 5.73 Å². The predicted octanol–water partition coefficient (Wildman–Crippen LogP) is 3.05. The van der Waals surface area contributed by atoms with E-state index in [1.807, 2.05) is 36.6 Å². The standard InChI is InChI=1S/C14H13N3S/c1-9-17-13(8-18-9)14(15)11-4-2-6-12-10(11)5-3-7-16-12/h2-8,14H,15H2,1H3. The van der Waals surface area contributed by atoms with Crippen molar-refractivity contribution >= 4 is 22.2 Å². The van der Waals surface area contributed by atoms with E-state index in [1.54, 1.807) is 17.5 Å². The molecule has 3 rings (SSSR count). The molecule has 1 unspecified atom stereocenters. The first-order valence-electron chi connectivity index (χ1n) is 5.77. The molecular weight excluding hydrogens is 242 g/mol. The van der Waals surface area contributed by atoms with E-state index >= 15 is 0 Å². The predicted molar refractivity (Wildman–Crippen MR) is 74.6 cm³/mol. The first-order valence-corrected chi connectivity index (χ1v) is 6.65. The van der Waals surface area contributed by atoms with Crippen molar-refractivity contribution in [1.82, 2.24) is 9.97 Å². The molecule has 0 saturated heterocycles. The minimum atomic E-state index is -0.192. The molecule has 2 N–H and O–H groups in total. The van der Waals surface area contributed by atoms with Gasteiger partial charge >= 0.3 is 0 Å². The lowest BCUT2D eigenvalue weighted by atomic mass is 10.0. The Labute approximate surface area is 109 Å². The second kappa shape index (κ2) is 4.48. The molecule has 0 aliphatic heterocycles. The van der Waals surface area contributed by atoms with Crippen LogP contribution in [0.15, 0.2) is 41.9 Å². The van der Waals surface area contributed by atoms with E-state index in [0.29, 0.717) is 0 Å². The minimum absolute atomic E-state index is 0.192. The van der Waals surface area contributed by atoms with Gasteiger partial charge in [0.2, 0.25) is 0 Å². The maximum atomic E-state index is 6.31. The molecular formula is C14H13N3S. The highest BCUT2D eigenvalue weighted by atomic mass is 32.1. The molecule has 3 aromatic rings. The van der Waals surface area contributed by atoms with Gasteiger partial charge in [0.1, 0.15) is 0 Å². The number of thiazole rings is 1. The van der Waals surface area contributed by atoms with Gasteiger partial charge in [-0.05, 0) is 24.6 Å². The summed E-state index contributed by atoms with van der Waals surface area (Å²) in [7, 11) is 0. The fourth-order valence-corrected chi connectivity index (χ4v) is 2.73. The summed E-state index contributed by atoms with van der Waals surface area (Å²) in [6.07, 6.45) is 1.80. The fourth-order valence-electron chi connectivity index (χ4n) is 2.08. The Balaban J connectivity index is 2.14. The van der Waals surface area contributed by atoms with Crippen LogP contribution >= 0.6 is 11.3 Å². The van der Waals surface area contributed by atoms with Crippen LogP contribution in [0.1, 0.15) is 22.3 Å². The molecule has 2 aromatic heterocycles. The summed E-state index contributed by atoms with van der Waals surface area (Å²) in [5.74, 6) is 0. The van der Waals surface area contributed by atoms with Crippen molar-refractivity contribution in [3.8, 4) is 0 Å². The lowest BCUT2D eigenvalue weighted by Crippen LogP contribution is -2.12. The van der Waals surface area contributed by atoms with Crippen LogP contribution in [0.3, 0.4) is 0 Å². The lowest BCUT2D eigenvalue weighted by Gasteiger charge is -2.12. The first-order chi connectivity index (χ1) is 8.75. The minimum Gasteiger partial charge on any atom is -0.319 e. The molecule has 3 nitrogen and oxygen atoms in total. The van der Waals surface area contributed by atoms with E-state index in [4.69, 9.17) is 5.73 Å². The number of aromatic nitrogens is 2. The molecule has 0 spiro atoms. The average molecular weight is 255 g/mol. The zero-order chi connectivity index (χ0) is 12.5. The van der Waals surface area contributed by atoms with Crippen molar-refractivity contribution in [2.45, 2.75) is 13.0 Å². The van der Waals surface area contributed by atoms with Gasteiger partial charge in [-0.1, -0.05) is 18.2 Å². The van der Waals surface area contributed by atoms with Crippen LogP contribution in [0, 0.1) is 6.92 Å². The number of fused-ring (bicyclic) bond motifs is 1. The van der Waals surface area contributed by atoms with Gasteiger partial charge in [0.15, 0.2) is 0 Å². The summed E-state index contributed by atoms with van der Waals surface area (Å²) >= 11 is 1.63. The van der Waals surface area contributed by atoms with Gasteiger partial charge in [-0.3, -0.25) is 4.98 Å². The Hall–Kier alpha value is -1.78. The quantitative estimate of drug-likeness (QED) is 0.765. The van der Waals surface area contributed by atoms with Crippen molar-refractivity contribution < 1.29 is 0 Å². The molecule has 90 valence electrons. The third-order valence-electron chi connectivity index (χ3n) is 2.97. The van der Waals surface area contributed by atoms with Crippen LogP contribution in [0.5, 0.6) is 0 Å². The summed E-state index contributed by atoms with van der Waals surface area (Å²) in [6.45, 7) is 1.99. The molecule has 4 heteroatoms. The van der Waals surface area contributed by atoms with Gasteiger partial charge in [-0.15, -0.1) is 11.3 Å². The molecule has 0 amide bonds. The topological polar surface area (TPSA) is 51.8 Å². The largest absolute Gasteiger partial charge is 0.319 e. The zero-order valence-electron chi connectivity index (χ0n) is 10.00. The highest BCUT2D eigenvalue weighted by Gasteiger charge is 2.14. The Morgan fingerprint density at radius 3 is 2.89 bits per heavy atom. The van der Waals surface area contributed by atoms with Gasteiger partial charge in [0, 0.05) is 17.0 Å². The van der Waals surface area contributed by atoms with Gasteiger partial charge in [-0.2, -0.15) is 0 Å². The molecule has 0 aliphatic carbocycles. The van der Waals surface area contributed by atoms with Crippen molar-refractivity contribution in [1.29, 1.82) is 0 Å². The maximum Gasteiger partial charge on any atom is 0.0898 e. The van der Waals surface area contributed by atoms with Crippen LogP contribution < -0.4 is 5.73 Å². The number of aryl methyl sites for hydroxylation is 1. The molecule has 0 aliphatic rings. The molecule has 2 heterocycles. The summed E-state index contributed by atoms with van der Waals surface area (Å²) in [6, 6.07) is 9.83. The van der Waals surface area contributed by atoms with Gasteiger partial charge in [-0.25, -0.2) is 4.98 Å². The average Bonchev–Trinajstić information content (AvgIpc) is 2.84. The van der Waals surface area contributed by atoms with Crippen molar-refractivity contribution in [3.05, 3.63) is 58.2 Å². The van der Waals surface area contributed by atoms with E-state index < -0.39 is 0 Å². The number of benzene rings is 1. The summed E-state index contributed by atoms with van der Waals surface area (Å²) in [5, 5.41) is 4.16. The molecule has 0 radical (unpaired) electrons.